The molecule has 302 valence electrons. The van der Waals surface area contributed by atoms with Crippen molar-refractivity contribution < 1.29 is 4.42 Å². The zero-order valence-electron chi connectivity index (χ0n) is 35.1. The van der Waals surface area contributed by atoms with Gasteiger partial charge in [-0.3, -0.25) is 0 Å². The maximum atomic E-state index is 6.84. The normalized spacial score (nSPS) is 11.7. The van der Waals surface area contributed by atoms with Gasteiger partial charge in [0, 0.05) is 32.8 Å². The van der Waals surface area contributed by atoms with Crippen molar-refractivity contribution in [2.45, 2.75) is 0 Å². The Morgan fingerprint density at radius 3 is 1.26 bits per heavy atom. The molecule has 4 nitrogen and oxygen atoms in total. The van der Waals surface area contributed by atoms with Crippen LogP contribution in [-0.2, 0) is 0 Å². The average molecular weight is 828 g/mol. The molecule has 13 aromatic rings. The van der Waals surface area contributed by atoms with Gasteiger partial charge in [-0.05, 0) is 107 Å². The van der Waals surface area contributed by atoms with E-state index >= 15 is 0 Å². The zero-order chi connectivity index (χ0) is 42.8. The standard InChI is InChI=1S/C61H37N3O/c1-3-15-38(16-4-1)59-62-60(39-17-5-2-6-18-39)64-61(63-59)45-22-14-20-41(34-45)40-19-13-21-44(33-40)54-37-56-52-32-30-43(36-57(52)65-58(56)53-28-12-11-27-50(53)54)42-29-31-51-48-25-8-7-23-46(48)47-24-9-10-26-49(47)55(51)35-42/h1-37H. The Labute approximate surface area is 374 Å². The van der Waals surface area contributed by atoms with Crippen LogP contribution in [0.3, 0.4) is 0 Å². The van der Waals surface area contributed by atoms with Crippen LogP contribution in [0.25, 0.3) is 133 Å². The van der Waals surface area contributed by atoms with Crippen LogP contribution in [0, 0.1) is 0 Å². The molecule has 0 unspecified atom stereocenters. The van der Waals surface area contributed by atoms with E-state index in [0.717, 1.165) is 82.8 Å². The highest BCUT2D eigenvalue weighted by atomic mass is 16.3. The first-order valence-corrected chi connectivity index (χ1v) is 22.0. The molecule has 2 heterocycles. The Balaban J connectivity index is 0.902. The van der Waals surface area contributed by atoms with Crippen molar-refractivity contribution in [2.24, 2.45) is 0 Å². The molecule has 0 atom stereocenters. The summed E-state index contributed by atoms with van der Waals surface area (Å²) >= 11 is 0. The number of aromatic nitrogens is 3. The van der Waals surface area contributed by atoms with Crippen LogP contribution in [0.4, 0.5) is 0 Å². The lowest BCUT2D eigenvalue weighted by atomic mass is 9.91. The highest BCUT2D eigenvalue weighted by molar-refractivity contribution is 6.26. The zero-order valence-corrected chi connectivity index (χ0v) is 35.1. The number of benzene rings is 11. The molecule has 0 bridgehead atoms. The van der Waals surface area contributed by atoms with Crippen LogP contribution >= 0.6 is 0 Å². The average Bonchev–Trinajstić information content (AvgIpc) is 3.77. The lowest BCUT2D eigenvalue weighted by Crippen LogP contribution is -2.00. The van der Waals surface area contributed by atoms with E-state index in [9.17, 15) is 0 Å². The van der Waals surface area contributed by atoms with Crippen molar-refractivity contribution in [1.29, 1.82) is 0 Å². The van der Waals surface area contributed by atoms with Gasteiger partial charge in [0.1, 0.15) is 11.2 Å². The van der Waals surface area contributed by atoms with E-state index in [1.54, 1.807) is 0 Å². The van der Waals surface area contributed by atoms with Crippen LogP contribution in [-0.4, -0.2) is 15.0 Å². The van der Waals surface area contributed by atoms with E-state index in [1.807, 2.05) is 60.7 Å². The number of hydrogen-bond donors (Lipinski definition) is 0. The van der Waals surface area contributed by atoms with Crippen molar-refractivity contribution in [3.63, 3.8) is 0 Å². The van der Waals surface area contributed by atoms with E-state index in [-0.39, 0.29) is 0 Å². The summed E-state index contributed by atoms with van der Waals surface area (Å²) in [5, 5.41) is 12.0. The highest BCUT2D eigenvalue weighted by Crippen LogP contribution is 2.43. The molecule has 0 saturated carbocycles. The van der Waals surface area contributed by atoms with Crippen LogP contribution in [0.1, 0.15) is 0 Å². The molecule has 0 N–H and O–H groups in total. The Morgan fingerprint density at radius 2 is 0.646 bits per heavy atom. The first kappa shape index (κ1) is 36.9. The molecule has 4 heteroatoms. The Kier molecular flexibility index (Phi) is 8.50. The molecule has 2 aromatic heterocycles. The summed E-state index contributed by atoms with van der Waals surface area (Å²) in [6.07, 6.45) is 0. The highest BCUT2D eigenvalue weighted by Gasteiger charge is 2.18. The van der Waals surface area contributed by atoms with Gasteiger partial charge in [-0.25, -0.2) is 15.0 Å². The van der Waals surface area contributed by atoms with E-state index in [2.05, 4.69) is 164 Å². The Hall–Kier alpha value is -8.73. The van der Waals surface area contributed by atoms with Crippen molar-refractivity contribution in [1.82, 2.24) is 15.0 Å². The second-order valence-corrected chi connectivity index (χ2v) is 16.7. The monoisotopic (exact) mass is 827 g/mol. The predicted molar refractivity (Wildman–Crippen MR) is 270 cm³/mol. The second kappa shape index (κ2) is 15.0. The van der Waals surface area contributed by atoms with E-state index in [4.69, 9.17) is 19.4 Å². The quantitative estimate of drug-likeness (QED) is 0.157. The summed E-state index contributed by atoms with van der Waals surface area (Å²) in [4.78, 5) is 14.9. The van der Waals surface area contributed by atoms with Crippen LogP contribution < -0.4 is 0 Å². The van der Waals surface area contributed by atoms with Gasteiger partial charge in [0.25, 0.3) is 0 Å². The van der Waals surface area contributed by atoms with Gasteiger partial charge in [-0.15, -0.1) is 0 Å². The molecular formula is C61H37N3O. The number of furan rings is 1. The molecule has 0 amide bonds. The number of hydrogen-bond acceptors (Lipinski definition) is 4. The lowest BCUT2D eigenvalue weighted by Gasteiger charge is -2.12. The fourth-order valence-electron chi connectivity index (χ4n) is 9.75. The van der Waals surface area contributed by atoms with Gasteiger partial charge < -0.3 is 4.42 Å². The molecule has 11 aromatic carbocycles. The summed E-state index contributed by atoms with van der Waals surface area (Å²) in [5.41, 5.74) is 11.3. The minimum absolute atomic E-state index is 0.630. The molecule has 0 aliphatic heterocycles. The number of fused-ring (bicyclic) bond motifs is 11. The molecular weight excluding hydrogens is 791 g/mol. The van der Waals surface area contributed by atoms with Gasteiger partial charge in [0.05, 0.1) is 0 Å². The first-order valence-electron chi connectivity index (χ1n) is 22.0. The minimum Gasteiger partial charge on any atom is -0.455 e. The third-order valence-corrected chi connectivity index (χ3v) is 12.9. The summed E-state index contributed by atoms with van der Waals surface area (Å²) in [6, 6.07) is 79.4. The molecule has 0 aliphatic carbocycles. The number of nitrogens with zero attached hydrogens (tertiary/aromatic N) is 3. The third kappa shape index (κ3) is 6.26. The summed E-state index contributed by atoms with van der Waals surface area (Å²) in [6.45, 7) is 0. The molecule has 13 rings (SSSR count). The maximum absolute atomic E-state index is 6.84. The van der Waals surface area contributed by atoms with Gasteiger partial charge in [0.15, 0.2) is 17.5 Å². The largest absolute Gasteiger partial charge is 0.455 e. The van der Waals surface area contributed by atoms with Gasteiger partial charge in [-0.1, -0.05) is 188 Å². The Bertz CT molecular complexity index is 3910. The number of rotatable bonds is 6. The smallest absolute Gasteiger partial charge is 0.164 e. The summed E-state index contributed by atoms with van der Waals surface area (Å²) in [5.74, 6) is 1.91. The van der Waals surface area contributed by atoms with Gasteiger partial charge in [0.2, 0.25) is 0 Å². The summed E-state index contributed by atoms with van der Waals surface area (Å²) in [7, 11) is 0. The first-order chi connectivity index (χ1) is 32.2. The van der Waals surface area contributed by atoms with Crippen molar-refractivity contribution in [2.75, 3.05) is 0 Å². The molecule has 0 fully saturated rings. The predicted octanol–water partition coefficient (Wildman–Crippen LogP) is 16.4. The van der Waals surface area contributed by atoms with E-state index in [1.165, 1.54) is 32.3 Å². The molecule has 0 saturated heterocycles. The maximum Gasteiger partial charge on any atom is 0.164 e. The van der Waals surface area contributed by atoms with Gasteiger partial charge >= 0.3 is 0 Å². The topological polar surface area (TPSA) is 51.8 Å². The molecule has 0 spiro atoms. The van der Waals surface area contributed by atoms with Crippen LogP contribution in [0.15, 0.2) is 229 Å². The second-order valence-electron chi connectivity index (χ2n) is 16.7. The van der Waals surface area contributed by atoms with Crippen molar-refractivity contribution >= 4 is 65.0 Å². The van der Waals surface area contributed by atoms with E-state index in [0.29, 0.717) is 17.5 Å². The lowest BCUT2D eigenvalue weighted by molar-refractivity contribution is 0.673. The third-order valence-electron chi connectivity index (χ3n) is 12.9. The fraction of sp³-hybridized carbons (Fsp3) is 0. The van der Waals surface area contributed by atoms with Crippen LogP contribution in [0.5, 0.6) is 0 Å². The molecule has 65 heavy (non-hydrogen) atoms. The van der Waals surface area contributed by atoms with E-state index < -0.39 is 0 Å². The van der Waals surface area contributed by atoms with Crippen LogP contribution in [0.2, 0.25) is 0 Å². The Morgan fingerprint density at radius 1 is 0.231 bits per heavy atom. The molecule has 0 aliphatic rings. The van der Waals surface area contributed by atoms with Gasteiger partial charge in [-0.2, -0.15) is 0 Å². The van der Waals surface area contributed by atoms with Crippen molar-refractivity contribution in [3.8, 4) is 67.5 Å². The summed E-state index contributed by atoms with van der Waals surface area (Å²) < 4.78 is 6.84. The SMILES string of the molecule is c1ccc(-c2nc(-c3ccccc3)nc(-c3cccc(-c4cccc(-c5cc6c7ccc(-c8ccc9c%10ccccc%10c%10ccccc%10c9c8)cc7oc6c6ccccc56)c4)c3)n2)cc1. The molecule has 0 radical (unpaired) electrons. The minimum atomic E-state index is 0.630. The fourth-order valence-corrected chi connectivity index (χ4v) is 9.75. The van der Waals surface area contributed by atoms with Crippen molar-refractivity contribution in [3.05, 3.63) is 224 Å².